The Bertz CT molecular complexity index is 705. The molecule has 1 aromatic carbocycles. The van der Waals surface area contributed by atoms with Crippen LogP contribution in [0.5, 0.6) is 0 Å². The third kappa shape index (κ3) is 3.45. The maximum atomic E-state index is 12.4. The minimum atomic E-state index is -0.345. The SMILES string of the molecule is CCN[C@H](CC)c1ccc(C2C(O)CCC3NC(=O)C4SC=CC4C32)cc1. The number of amides is 1. The third-order valence-electron chi connectivity index (χ3n) is 6.56. The number of thioether (sulfide) groups is 1. The number of piperidine rings is 1. The number of rotatable bonds is 5. The average molecular weight is 387 g/mol. The topological polar surface area (TPSA) is 61.4 Å². The Labute approximate surface area is 166 Å². The summed E-state index contributed by atoms with van der Waals surface area (Å²) in [7, 11) is 0. The van der Waals surface area contributed by atoms with Crippen LogP contribution in [-0.2, 0) is 4.79 Å². The van der Waals surface area contributed by atoms with Crippen molar-refractivity contribution in [3.63, 3.8) is 0 Å². The first-order valence-electron chi connectivity index (χ1n) is 10.3. The van der Waals surface area contributed by atoms with Crippen molar-refractivity contribution in [1.82, 2.24) is 10.6 Å². The van der Waals surface area contributed by atoms with Crippen LogP contribution in [0.1, 0.15) is 56.2 Å². The van der Waals surface area contributed by atoms with Crippen molar-refractivity contribution in [2.24, 2.45) is 11.8 Å². The summed E-state index contributed by atoms with van der Waals surface area (Å²) in [5.74, 6) is 0.731. The smallest absolute Gasteiger partial charge is 0.234 e. The highest BCUT2D eigenvalue weighted by atomic mass is 32.2. The second-order valence-corrected chi connectivity index (χ2v) is 9.06. The average Bonchev–Trinajstić information content (AvgIpc) is 3.18. The van der Waals surface area contributed by atoms with Gasteiger partial charge in [0.25, 0.3) is 0 Å². The van der Waals surface area contributed by atoms with E-state index in [2.05, 4.69) is 60.2 Å². The maximum Gasteiger partial charge on any atom is 0.234 e. The normalized spacial score (nSPS) is 36.0. The highest BCUT2D eigenvalue weighted by Gasteiger charge is 2.51. The quantitative estimate of drug-likeness (QED) is 0.726. The van der Waals surface area contributed by atoms with Crippen LogP contribution < -0.4 is 10.6 Å². The van der Waals surface area contributed by atoms with Gasteiger partial charge in [0.05, 0.1) is 11.4 Å². The van der Waals surface area contributed by atoms with Gasteiger partial charge in [-0.05, 0) is 48.3 Å². The van der Waals surface area contributed by atoms with Crippen molar-refractivity contribution in [1.29, 1.82) is 0 Å². The number of fused-ring (bicyclic) bond motifs is 3. The van der Waals surface area contributed by atoms with Gasteiger partial charge in [-0.3, -0.25) is 4.79 Å². The second kappa shape index (κ2) is 7.98. The number of aliphatic hydroxyl groups excluding tert-OH is 1. The van der Waals surface area contributed by atoms with E-state index in [-0.39, 0.29) is 41.1 Å². The monoisotopic (exact) mass is 386 g/mol. The van der Waals surface area contributed by atoms with E-state index >= 15 is 0 Å². The zero-order chi connectivity index (χ0) is 19.0. The molecule has 7 atom stereocenters. The zero-order valence-corrected chi connectivity index (χ0v) is 16.9. The van der Waals surface area contributed by atoms with Gasteiger partial charge in [-0.2, -0.15) is 0 Å². The van der Waals surface area contributed by atoms with Crippen LogP contribution in [0.3, 0.4) is 0 Å². The molecule has 27 heavy (non-hydrogen) atoms. The van der Waals surface area contributed by atoms with E-state index in [1.54, 1.807) is 11.8 Å². The molecule has 1 saturated heterocycles. The molecule has 146 valence electrons. The van der Waals surface area contributed by atoms with Crippen molar-refractivity contribution >= 4 is 17.7 Å². The van der Waals surface area contributed by atoms with Gasteiger partial charge < -0.3 is 15.7 Å². The zero-order valence-electron chi connectivity index (χ0n) is 16.1. The Morgan fingerprint density at radius 1 is 1.26 bits per heavy atom. The maximum absolute atomic E-state index is 12.4. The molecule has 1 aromatic rings. The van der Waals surface area contributed by atoms with Crippen LogP contribution in [-0.4, -0.2) is 35.0 Å². The molecule has 4 rings (SSSR count). The lowest BCUT2D eigenvalue weighted by Gasteiger charge is -2.48. The summed E-state index contributed by atoms with van der Waals surface area (Å²) in [6, 6.07) is 9.35. The largest absolute Gasteiger partial charge is 0.392 e. The summed E-state index contributed by atoms with van der Waals surface area (Å²) in [6.07, 6.45) is 4.52. The van der Waals surface area contributed by atoms with E-state index in [0.29, 0.717) is 6.04 Å². The van der Waals surface area contributed by atoms with Crippen LogP contribution in [0.25, 0.3) is 0 Å². The third-order valence-corrected chi connectivity index (χ3v) is 7.69. The van der Waals surface area contributed by atoms with Gasteiger partial charge in [0, 0.05) is 23.9 Å². The van der Waals surface area contributed by atoms with E-state index < -0.39 is 0 Å². The van der Waals surface area contributed by atoms with Crippen molar-refractivity contribution in [2.45, 2.75) is 62.5 Å². The van der Waals surface area contributed by atoms with E-state index in [1.165, 1.54) is 11.1 Å². The lowest BCUT2D eigenvalue weighted by Crippen LogP contribution is -2.59. The molecule has 1 saturated carbocycles. The number of aliphatic hydroxyl groups is 1. The Kier molecular flexibility index (Phi) is 5.62. The molecule has 0 radical (unpaired) electrons. The number of hydrogen-bond acceptors (Lipinski definition) is 4. The molecule has 2 aliphatic heterocycles. The van der Waals surface area contributed by atoms with Crippen molar-refractivity contribution < 1.29 is 9.90 Å². The molecule has 2 fully saturated rings. The summed E-state index contributed by atoms with van der Waals surface area (Å²) >= 11 is 1.62. The molecular weight excluding hydrogens is 356 g/mol. The summed E-state index contributed by atoms with van der Waals surface area (Å²) in [5.41, 5.74) is 2.50. The molecule has 5 heteroatoms. The van der Waals surface area contributed by atoms with Crippen LogP contribution >= 0.6 is 11.8 Å². The first kappa shape index (κ1) is 19.0. The number of allylic oxidation sites excluding steroid dienone is 1. The second-order valence-electron chi connectivity index (χ2n) is 8.01. The molecule has 3 N–H and O–H groups in total. The van der Waals surface area contributed by atoms with Crippen LogP contribution in [0.15, 0.2) is 35.7 Å². The predicted molar refractivity (Wildman–Crippen MR) is 111 cm³/mol. The number of benzene rings is 1. The van der Waals surface area contributed by atoms with Crippen molar-refractivity contribution in [3.05, 3.63) is 46.9 Å². The van der Waals surface area contributed by atoms with Gasteiger partial charge in [0.1, 0.15) is 0 Å². The molecule has 3 aliphatic rings. The fourth-order valence-corrected chi connectivity index (χ4v) is 6.38. The molecule has 1 amide bonds. The Morgan fingerprint density at radius 2 is 2.04 bits per heavy atom. The summed E-state index contributed by atoms with van der Waals surface area (Å²) < 4.78 is 0. The van der Waals surface area contributed by atoms with Crippen LogP contribution in [0.4, 0.5) is 0 Å². The highest BCUT2D eigenvalue weighted by molar-refractivity contribution is 8.03. The minimum Gasteiger partial charge on any atom is -0.392 e. The van der Waals surface area contributed by atoms with Crippen molar-refractivity contribution in [3.8, 4) is 0 Å². The standard InChI is InChI=1S/C22H30N2O2S/c1-3-16(23-4-2)13-5-7-14(8-6-13)19-18(25)10-9-17-20(19)15-11-12-27-21(15)22(26)24-17/h5-8,11-12,15-21,23,25H,3-4,9-10H2,1-2H3,(H,24,26)/t15?,16-,17?,18?,19?,20?,21?/m1/s1. The van der Waals surface area contributed by atoms with Gasteiger partial charge in [0.15, 0.2) is 0 Å². The molecule has 0 spiro atoms. The first-order valence-corrected chi connectivity index (χ1v) is 11.2. The minimum absolute atomic E-state index is 0.0310. The lowest BCUT2D eigenvalue weighted by atomic mass is 9.63. The Balaban J connectivity index is 1.62. The first-order chi connectivity index (χ1) is 13.1. The van der Waals surface area contributed by atoms with Gasteiger partial charge in [0.2, 0.25) is 5.91 Å². The molecule has 2 heterocycles. The number of hydrogen-bond donors (Lipinski definition) is 3. The number of carbonyl (C=O) groups is 1. The van der Waals surface area contributed by atoms with Gasteiger partial charge in [-0.15, -0.1) is 11.8 Å². The van der Waals surface area contributed by atoms with Gasteiger partial charge in [-0.1, -0.05) is 44.2 Å². The highest BCUT2D eigenvalue weighted by Crippen LogP contribution is 2.50. The molecule has 0 aromatic heterocycles. The molecule has 4 nitrogen and oxygen atoms in total. The lowest BCUT2D eigenvalue weighted by molar-refractivity contribution is -0.126. The predicted octanol–water partition coefficient (Wildman–Crippen LogP) is 3.35. The van der Waals surface area contributed by atoms with E-state index in [9.17, 15) is 9.90 Å². The Morgan fingerprint density at radius 3 is 2.74 bits per heavy atom. The van der Waals surface area contributed by atoms with E-state index in [4.69, 9.17) is 0 Å². The molecule has 6 unspecified atom stereocenters. The van der Waals surface area contributed by atoms with Crippen LogP contribution in [0, 0.1) is 11.8 Å². The van der Waals surface area contributed by atoms with Crippen LogP contribution in [0.2, 0.25) is 0 Å². The Hall–Kier alpha value is -1.30. The fourth-order valence-electron chi connectivity index (χ4n) is 5.29. The molecular formula is C22H30N2O2S. The summed E-state index contributed by atoms with van der Waals surface area (Å²) in [5, 5.41) is 19.7. The number of carbonyl (C=O) groups excluding carboxylic acids is 1. The van der Waals surface area contributed by atoms with Gasteiger partial charge >= 0.3 is 0 Å². The molecule has 1 aliphatic carbocycles. The van der Waals surface area contributed by atoms with Crippen molar-refractivity contribution in [2.75, 3.05) is 6.54 Å². The van der Waals surface area contributed by atoms with E-state index in [0.717, 1.165) is 25.8 Å². The summed E-state index contributed by atoms with van der Waals surface area (Å²) in [4.78, 5) is 12.4. The van der Waals surface area contributed by atoms with Gasteiger partial charge in [-0.25, -0.2) is 0 Å². The van der Waals surface area contributed by atoms with E-state index in [1.807, 2.05) is 0 Å². The summed E-state index contributed by atoms with van der Waals surface area (Å²) in [6.45, 7) is 5.29. The fraction of sp³-hybridized carbons (Fsp3) is 0.591. The molecule has 0 bridgehead atoms. The number of nitrogens with one attached hydrogen (secondary N) is 2.